The van der Waals surface area contributed by atoms with E-state index in [0.29, 0.717) is 0 Å². The van der Waals surface area contributed by atoms with Crippen molar-refractivity contribution >= 4 is 82.0 Å². The van der Waals surface area contributed by atoms with Crippen LogP contribution in [0.1, 0.15) is 0 Å². The molecule has 12 rings (SSSR count). The van der Waals surface area contributed by atoms with E-state index in [9.17, 15) is 0 Å². The number of fused-ring (bicyclic) bond motifs is 10. The first-order valence-corrected chi connectivity index (χ1v) is 20.7. The standard InChI is InChI=1S/C58H38N2/c1-3-15-39(16-4-1)42-19-13-23-46(35-42)59(48-32-34-52-51-27-11-12-28-55(51)60(56(52)38-48)45-21-5-2-6-22-45)47-24-14-20-43(36-47)54-37-44-18-8-10-26-50(44)58-53(54)33-31-41-30-29-40-17-7-9-25-49(40)57(41)58/h1-38H. The second-order valence-corrected chi connectivity index (χ2v) is 15.7. The first-order chi connectivity index (χ1) is 29.8. The van der Waals surface area contributed by atoms with Gasteiger partial charge in [0.25, 0.3) is 0 Å². The maximum Gasteiger partial charge on any atom is 0.0561 e. The van der Waals surface area contributed by atoms with E-state index in [0.717, 1.165) is 22.7 Å². The maximum absolute atomic E-state index is 2.43. The summed E-state index contributed by atoms with van der Waals surface area (Å²) in [5.74, 6) is 0. The summed E-state index contributed by atoms with van der Waals surface area (Å²) >= 11 is 0. The van der Waals surface area contributed by atoms with Crippen LogP contribution in [0.5, 0.6) is 0 Å². The molecule has 0 saturated carbocycles. The van der Waals surface area contributed by atoms with Gasteiger partial charge in [0, 0.05) is 33.5 Å². The molecule has 2 nitrogen and oxygen atoms in total. The fourth-order valence-electron chi connectivity index (χ4n) is 9.59. The highest BCUT2D eigenvalue weighted by Gasteiger charge is 2.20. The monoisotopic (exact) mass is 762 g/mol. The average Bonchev–Trinajstić information content (AvgIpc) is 3.65. The van der Waals surface area contributed by atoms with Gasteiger partial charge in [-0.1, -0.05) is 170 Å². The minimum absolute atomic E-state index is 1.09. The predicted octanol–water partition coefficient (Wildman–Crippen LogP) is 16.2. The number of benzene rings is 11. The minimum atomic E-state index is 1.09. The lowest BCUT2D eigenvalue weighted by atomic mass is 9.88. The van der Waals surface area contributed by atoms with Crippen LogP contribution in [-0.4, -0.2) is 4.57 Å². The van der Waals surface area contributed by atoms with Crippen LogP contribution < -0.4 is 4.90 Å². The van der Waals surface area contributed by atoms with E-state index < -0.39 is 0 Å². The van der Waals surface area contributed by atoms with Gasteiger partial charge >= 0.3 is 0 Å². The Morgan fingerprint density at radius 2 is 0.833 bits per heavy atom. The molecule has 2 heteroatoms. The minimum Gasteiger partial charge on any atom is -0.310 e. The number of aromatic nitrogens is 1. The van der Waals surface area contributed by atoms with Gasteiger partial charge < -0.3 is 9.47 Å². The van der Waals surface area contributed by atoms with Crippen molar-refractivity contribution in [2.24, 2.45) is 0 Å². The predicted molar refractivity (Wildman–Crippen MR) is 256 cm³/mol. The van der Waals surface area contributed by atoms with Crippen molar-refractivity contribution in [1.29, 1.82) is 0 Å². The molecule has 1 aromatic heterocycles. The maximum atomic E-state index is 2.43. The highest BCUT2D eigenvalue weighted by Crippen LogP contribution is 2.45. The van der Waals surface area contributed by atoms with E-state index in [1.807, 2.05) is 0 Å². The van der Waals surface area contributed by atoms with Crippen molar-refractivity contribution in [2.75, 3.05) is 4.90 Å². The summed E-state index contributed by atoms with van der Waals surface area (Å²) in [5.41, 5.74) is 11.5. The highest BCUT2D eigenvalue weighted by atomic mass is 15.1. The Kier molecular flexibility index (Phi) is 7.89. The van der Waals surface area contributed by atoms with E-state index in [4.69, 9.17) is 0 Å². The van der Waals surface area contributed by atoms with E-state index in [1.54, 1.807) is 0 Å². The summed E-state index contributed by atoms with van der Waals surface area (Å²) in [5, 5.41) is 12.6. The quantitative estimate of drug-likeness (QED) is 0.153. The van der Waals surface area contributed by atoms with E-state index >= 15 is 0 Å². The molecule has 280 valence electrons. The van der Waals surface area contributed by atoms with E-state index in [2.05, 4.69) is 240 Å². The molecule has 0 aliphatic rings. The van der Waals surface area contributed by atoms with Crippen LogP contribution in [-0.2, 0) is 0 Å². The Bertz CT molecular complexity index is 3600. The zero-order valence-corrected chi connectivity index (χ0v) is 32.8. The zero-order valence-electron chi connectivity index (χ0n) is 32.8. The van der Waals surface area contributed by atoms with Gasteiger partial charge in [-0.25, -0.2) is 0 Å². The first-order valence-electron chi connectivity index (χ1n) is 20.7. The molecule has 0 N–H and O–H groups in total. The Morgan fingerprint density at radius 3 is 1.63 bits per heavy atom. The molecule has 60 heavy (non-hydrogen) atoms. The number of hydrogen-bond donors (Lipinski definition) is 0. The van der Waals surface area contributed by atoms with Crippen LogP contribution in [0.15, 0.2) is 231 Å². The first kappa shape index (κ1) is 34.1. The van der Waals surface area contributed by atoms with E-state index in [1.165, 1.54) is 87.1 Å². The van der Waals surface area contributed by atoms with Gasteiger partial charge in [-0.05, 0) is 126 Å². The van der Waals surface area contributed by atoms with E-state index in [-0.39, 0.29) is 0 Å². The van der Waals surface area contributed by atoms with Crippen molar-refractivity contribution in [3.8, 4) is 27.9 Å². The van der Waals surface area contributed by atoms with Crippen LogP contribution in [0, 0.1) is 0 Å². The number of para-hydroxylation sites is 2. The van der Waals surface area contributed by atoms with Crippen LogP contribution >= 0.6 is 0 Å². The van der Waals surface area contributed by atoms with Gasteiger partial charge in [0.1, 0.15) is 0 Å². The molecule has 0 radical (unpaired) electrons. The third-order valence-corrected chi connectivity index (χ3v) is 12.3. The summed E-state index contributed by atoms with van der Waals surface area (Å²) in [6.07, 6.45) is 0. The lowest BCUT2D eigenvalue weighted by Crippen LogP contribution is -2.10. The number of anilines is 3. The number of hydrogen-bond acceptors (Lipinski definition) is 1. The van der Waals surface area contributed by atoms with Crippen LogP contribution in [0.3, 0.4) is 0 Å². The Hall–Kier alpha value is -7.94. The van der Waals surface area contributed by atoms with Crippen molar-refractivity contribution in [1.82, 2.24) is 4.57 Å². The third-order valence-electron chi connectivity index (χ3n) is 12.3. The summed E-state index contributed by atoms with van der Waals surface area (Å²) in [6.45, 7) is 0. The molecular weight excluding hydrogens is 725 g/mol. The zero-order chi connectivity index (χ0) is 39.6. The van der Waals surface area contributed by atoms with Crippen LogP contribution in [0.4, 0.5) is 17.1 Å². The molecule has 1 heterocycles. The molecule has 0 unspecified atom stereocenters. The largest absolute Gasteiger partial charge is 0.310 e. The highest BCUT2D eigenvalue weighted by molar-refractivity contribution is 6.30. The Balaban J connectivity index is 1.11. The average molecular weight is 763 g/mol. The molecule has 0 aliphatic heterocycles. The molecule has 0 aliphatic carbocycles. The summed E-state index contributed by atoms with van der Waals surface area (Å²) in [7, 11) is 0. The van der Waals surface area contributed by atoms with Crippen molar-refractivity contribution in [2.45, 2.75) is 0 Å². The summed E-state index contributed by atoms with van der Waals surface area (Å²) in [6, 6.07) is 84.3. The molecule has 0 saturated heterocycles. The van der Waals surface area contributed by atoms with Gasteiger partial charge in [-0.2, -0.15) is 0 Å². The van der Waals surface area contributed by atoms with Crippen LogP contribution in [0.2, 0.25) is 0 Å². The molecular formula is C58H38N2. The molecule has 11 aromatic carbocycles. The summed E-state index contributed by atoms with van der Waals surface area (Å²) in [4.78, 5) is 2.43. The fourth-order valence-corrected chi connectivity index (χ4v) is 9.59. The van der Waals surface area contributed by atoms with Crippen molar-refractivity contribution < 1.29 is 0 Å². The summed E-state index contributed by atoms with van der Waals surface area (Å²) < 4.78 is 2.40. The van der Waals surface area contributed by atoms with Crippen LogP contribution in [0.25, 0.3) is 92.8 Å². The Morgan fingerprint density at radius 1 is 0.283 bits per heavy atom. The normalized spacial score (nSPS) is 11.7. The molecule has 0 bridgehead atoms. The topological polar surface area (TPSA) is 8.17 Å². The second kappa shape index (κ2) is 13.9. The molecule has 0 amide bonds. The lowest BCUT2D eigenvalue weighted by Gasteiger charge is -2.27. The van der Waals surface area contributed by atoms with Gasteiger partial charge in [0.15, 0.2) is 0 Å². The van der Waals surface area contributed by atoms with Gasteiger partial charge in [0.05, 0.1) is 11.0 Å². The smallest absolute Gasteiger partial charge is 0.0561 e. The van der Waals surface area contributed by atoms with Gasteiger partial charge in [0.2, 0.25) is 0 Å². The molecule has 0 spiro atoms. The van der Waals surface area contributed by atoms with Gasteiger partial charge in [-0.15, -0.1) is 0 Å². The molecule has 0 fully saturated rings. The molecule has 12 aromatic rings. The Labute approximate surface area is 348 Å². The number of rotatable bonds is 6. The number of nitrogens with zero attached hydrogens (tertiary/aromatic N) is 2. The molecule has 0 atom stereocenters. The van der Waals surface area contributed by atoms with Crippen molar-refractivity contribution in [3.05, 3.63) is 231 Å². The fraction of sp³-hybridized carbons (Fsp3) is 0. The van der Waals surface area contributed by atoms with Gasteiger partial charge in [-0.3, -0.25) is 0 Å². The SMILES string of the molecule is c1ccc(-c2cccc(N(c3cccc(-c4cc5ccccc5c5c4ccc4ccc6ccccc6c45)c3)c3ccc4c5ccccc5n(-c5ccccc5)c4c3)c2)cc1. The lowest BCUT2D eigenvalue weighted by molar-refractivity contribution is 1.18. The second-order valence-electron chi connectivity index (χ2n) is 15.7. The third kappa shape index (κ3) is 5.50. The van der Waals surface area contributed by atoms with Crippen molar-refractivity contribution in [3.63, 3.8) is 0 Å².